The van der Waals surface area contributed by atoms with E-state index >= 15 is 0 Å². The van der Waals surface area contributed by atoms with Crippen LogP contribution in [0.15, 0.2) is 80.7 Å². The molecule has 2 aromatic rings. The Balaban J connectivity index is 1.49. The quantitative estimate of drug-likeness (QED) is 0.753. The Hall–Kier alpha value is -2.11. The van der Waals surface area contributed by atoms with E-state index in [1.54, 1.807) is 0 Å². The molecule has 5 heteroatoms. The Kier molecular flexibility index (Phi) is 3.44. The summed E-state index contributed by atoms with van der Waals surface area (Å²) < 4.78 is 11.3. The molecule has 4 rings (SSSR count). The lowest BCUT2D eigenvalue weighted by atomic mass is 10.3. The van der Waals surface area contributed by atoms with Crippen LogP contribution in [0.25, 0.3) is 0 Å². The van der Waals surface area contributed by atoms with Crippen LogP contribution in [0.3, 0.4) is 0 Å². The van der Waals surface area contributed by atoms with Crippen LogP contribution < -0.4 is 9.47 Å². The van der Waals surface area contributed by atoms with Crippen molar-refractivity contribution in [1.82, 2.24) is 0 Å². The van der Waals surface area contributed by atoms with Crippen molar-refractivity contribution in [2.75, 3.05) is 0 Å². The highest BCUT2D eigenvalue weighted by atomic mass is 32.2. The zero-order valence-electron chi connectivity index (χ0n) is 11.3. The molecule has 2 aromatic carbocycles. The highest BCUT2D eigenvalue weighted by molar-refractivity contribution is 8.03. The van der Waals surface area contributed by atoms with Gasteiger partial charge in [0.25, 0.3) is 0 Å². The molecule has 0 aromatic heterocycles. The van der Waals surface area contributed by atoms with Gasteiger partial charge in [-0.05, 0) is 47.8 Å². The van der Waals surface area contributed by atoms with E-state index in [-0.39, 0.29) is 5.78 Å². The number of hydrogen-bond acceptors (Lipinski definition) is 5. The predicted molar refractivity (Wildman–Crippen MR) is 87.0 cm³/mol. The summed E-state index contributed by atoms with van der Waals surface area (Å²) in [5, 5.41) is 1.17. The molecule has 2 heterocycles. The first kappa shape index (κ1) is 13.5. The monoisotopic (exact) mass is 326 g/mol. The summed E-state index contributed by atoms with van der Waals surface area (Å²) in [6, 6.07) is 15.4. The summed E-state index contributed by atoms with van der Waals surface area (Å²) >= 11 is 2.90. The van der Waals surface area contributed by atoms with E-state index in [0.717, 1.165) is 21.3 Å². The summed E-state index contributed by atoms with van der Waals surface area (Å²) in [5.41, 5.74) is 0. The minimum Gasteiger partial charge on any atom is -0.449 e. The van der Waals surface area contributed by atoms with Crippen LogP contribution in [0, 0.1) is 0 Å². The van der Waals surface area contributed by atoms with Crippen molar-refractivity contribution in [3.05, 3.63) is 70.9 Å². The van der Waals surface area contributed by atoms with E-state index in [0.29, 0.717) is 10.2 Å². The highest BCUT2D eigenvalue weighted by Gasteiger charge is 2.20. The van der Waals surface area contributed by atoms with Gasteiger partial charge in [-0.2, -0.15) is 0 Å². The maximum atomic E-state index is 12.1. The Morgan fingerprint density at radius 1 is 0.773 bits per heavy atom. The average Bonchev–Trinajstić information content (AvgIpc) is 3.08. The molecule has 0 saturated heterocycles. The smallest absolute Gasteiger partial charge is 0.187 e. The van der Waals surface area contributed by atoms with Crippen molar-refractivity contribution in [1.29, 1.82) is 0 Å². The molecule has 0 fully saturated rings. The molecule has 108 valence electrons. The largest absolute Gasteiger partial charge is 0.449 e. The zero-order valence-corrected chi connectivity index (χ0v) is 12.9. The van der Waals surface area contributed by atoms with Crippen molar-refractivity contribution in [2.24, 2.45) is 0 Å². The number of benzene rings is 2. The van der Waals surface area contributed by atoms with Crippen LogP contribution in [0.4, 0.5) is 0 Å². The van der Waals surface area contributed by atoms with Crippen LogP contribution in [-0.2, 0) is 4.79 Å². The highest BCUT2D eigenvalue weighted by Crippen LogP contribution is 2.44. The molecule has 3 nitrogen and oxygen atoms in total. The fourth-order valence-corrected chi connectivity index (χ4v) is 3.86. The van der Waals surface area contributed by atoms with Crippen molar-refractivity contribution in [3.63, 3.8) is 0 Å². The molecule has 0 amide bonds. The molecule has 0 saturated carbocycles. The van der Waals surface area contributed by atoms with E-state index in [1.165, 1.54) is 35.7 Å². The van der Waals surface area contributed by atoms with E-state index in [1.807, 2.05) is 48.5 Å². The fourth-order valence-electron chi connectivity index (χ4n) is 2.10. The number of allylic oxidation sites excluding steroid dienone is 2. The van der Waals surface area contributed by atoms with Crippen LogP contribution in [-0.4, -0.2) is 5.78 Å². The normalized spacial score (nSPS) is 18.7. The topological polar surface area (TPSA) is 35.5 Å². The maximum absolute atomic E-state index is 12.1. The molecule has 0 unspecified atom stereocenters. The van der Waals surface area contributed by atoms with Gasteiger partial charge in [-0.25, -0.2) is 0 Å². The zero-order chi connectivity index (χ0) is 14.9. The van der Waals surface area contributed by atoms with Gasteiger partial charge in [0, 0.05) is 12.2 Å². The maximum Gasteiger partial charge on any atom is 0.187 e. The second-order valence-electron chi connectivity index (χ2n) is 4.63. The Labute approximate surface area is 136 Å². The lowest BCUT2D eigenvalue weighted by Crippen LogP contribution is -1.94. The number of ether oxygens (including phenoxy) is 2. The molecule has 0 atom stereocenters. The summed E-state index contributed by atoms with van der Waals surface area (Å²) in [6.45, 7) is 0. The Morgan fingerprint density at radius 2 is 1.23 bits per heavy atom. The number of rotatable bonds is 2. The number of fused-ring (bicyclic) bond motifs is 2. The van der Waals surface area contributed by atoms with E-state index < -0.39 is 0 Å². The second kappa shape index (κ2) is 5.59. The lowest BCUT2D eigenvalue weighted by molar-refractivity contribution is -0.110. The number of thioether (sulfide) groups is 2. The molecule has 2 aliphatic rings. The van der Waals surface area contributed by atoms with Gasteiger partial charge < -0.3 is 9.47 Å². The van der Waals surface area contributed by atoms with Crippen LogP contribution >= 0.6 is 23.5 Å². The van der Waals surface area contributed by atoms with E-state index in [4.69, 9.17) is 9.47 Å². The molecular formula is C17H10O3S2. The van der Waals surface area contributed by atoms with Gasteiger partial charge >= 0.3 is 0 Å². The van der Waals surface area contributed by atoms with Crippen LogP contribution in [0.2, 0.25) is 0 Å². The van der Waals surface area contributed by atoms with E-state index in [9.17, 15) is 4.79 Å². The fraction of sp³-hybridized carbons (Fsp3) is 0. The summed E-state index contributed by atoms with van der Waals surface area (Å²) in [5.74, 6) is 1.43. The number of ketones is 1. The number of carbonyl (C=O) groups excluding carboxylic acids is 1. The number of hydrogen-bond donors (Lipinski definition) is 0. The minimum absolute atomic E-state index is 0.148. The molecule has 0 bridgehead atoms. The first-order valence-electron chi connectivity index (χ1n) is 6.65. The van der Waals surface area contributed by atoms with Crippen LogP contribution in [0.1, 0.15) is 0 Å². The van der Waals surface area contributed by atoms with Gasteiger partial charge in [0.1, 0.15) is 11.5 Å². The summed E-state index contributed by atoms with van der Waals surface area (Å²) in [4.78, 5) is 14.2. The molecule has 0 spiro atoms. The van der Waals surface area contributed by atoms with Crippen LogP contribution in [0.5, 0.6) is 11.5 Å². The number of para-hydroxylation sites is 2. The second-order valence-corrected chi connectivity index (χ2v) is 6.72. The van der Waals surface area contributed by atoms with Gasteiger partial charge in [0.2, 0.25) is 0 Å². The van der Waals surface area contributed by atoms with E-state index in [2.05, 4.69) is 0 Å². The summed E-state index contributed by atoms with van der Waals surface area (Å²) in [7, 11) is 0. The van der Waals surface area contributed by atoms with Crippen molar-refractivity contribution < 1.29 is 14.3 Å². The standard InChI is InChI=1S/C17H10O3S2/c18-11(9-16-19-12-5-1-3-7-14(12)21-16)10-17-20-13-6-2-4-8-15(13)22-17/h1-10H/b16-9+,17-10+. The predicted octanol–water partition coefficient (Wildman–Crippen LogP) is 4.61. The summed E-state index contributed by atoms with van der Waals surface area (Å²) in [6.07, 6.45) is 2.98. The van der Waals surface area contributed by atoms with Crippen molar-refractivity contribution in [2.45, 2.75) is 9.79 Å². The SMILES string of the molecule is O=C(/C=C1\Oc2ccccc2S1)/C=C1\Oc2ccccc2S1. The van der Waals surface area contributed by atoms with Gasteiger partial charge in [0.05, 0.1) is 9.79 Å². The molecule has 0 radical (unpaired) electrons. The average molecular weight is 326 g/mol. The van der Waals surface area contributed by atoms with Gasteiger partial charge in [-0.3, -0.25) is 4.79 Å². The molecule has 22 heavy (non-hydrogen) atoms. The molecule has 0 aliphatic carbocycles. The molecule has 2 aliphatic heterocycles. The van der Waals surface area contributed by atoms with Gasteiger partial charge in [-0.15, -0.1) is 0 Å². The third-order valence-electron chi connectivity index (χ3n) is 3.06. The first-order chi connectivity index (χ1) is 10.8. The Bertz CT molecular complexity index is 703. The Morgan fingerprint density at radius 3 is 1.68 bits per heavy atom. The lowest BCUT2D eigenvalue weighted by Gasteiger charge is -1.97. The van der Waals surface area contributed by atoms with Crippen molar-refractivity contribution >= 4 is 29.3 Å². The van der Waals surface area contributed by atoms with Crippen molar-refractivity contribution in [3.8, 4) is 11.5 Å². The third kappa shape index (κ3) is 2.65. The number of carbonyl (C=O) groups is 1. The third-order valence-corrected chi connectivity index (χ3v) is 4.98. The minimum atomic E-state index is -0.148. The molecule has 0 N–H and O–H groups in total. The first-order valence-corrected chi connectivity index (χ1v) is 8.28. The van der Waals surface area contributed by atoms with Gasteiger partial charge in [0.15, 0.2) is 16.0 Å². The molecular weight excluding hydrogens is 316 g/mol. The van der Waals surface area contributed by atoms with Gasteiger partial charge in [-0.1, -0.05) is 24.3 Å².